The van der Waals surface area contributed by atoms with Crippen molar-refractivity contribution >= 4 is 0 Å². The van der Waals surface area contributed by atoms with Gasteiger partial charge in [0.1, 0.15) is 0 Å². The van der Waals surface area contributed by atoms with E-state index in [0.717, 1.165) is 145 Å². The van der Waals surface area contributed by atoms with Crippen molar-refractivity contribution in [2.75, 3.05) is 0 Å². The van der Waals surface area contributed by atoms with Crippen molar-refractivity contribution in [2.24, 2.45) is 0 Å². The van der Waals surface area contributed by atoms with Crippen molar-refractivity contribution in [1.29, 1.82) is 0 Å². The largest absolute Gasteiger partial charge is 0.0725 e. The van der Waals surface area contributed by atoms with Gasteiger partial charge in [-0.3, -0.25) is 0 Å². The van der Waals surface area contributed by atoms with Gasteiger partial charge in [0.2, 0.25) is 0 Å². The first kappa shape index (κ1) is 82.7. The highest BCUT2D eigenvalue weighted by atomic mass is 14.6. The van der Waals surface area contributed by atoms with Crippen LogP contribution in [0.4, 0.5) is 0 Å². The average Bonchev–Trinajstić information content (AvgIpc) is 1.49. The van der Waals surface area contributed by atoms with Gasteiger partial charge in [0.15, 0.2) is 0 Å². The topological polar surface area (TPSA) is 0 Å². The molecule has 0 amide bonds. The molecular formula is C140H92. The molecule has 1 spiro atoms. The van der Waals surface area contributed by atoms with Crippen LogP contribution in [0.2, 0.25) is 0 Å². The lowest BCUT2D eigenvalue weighted by molar-refractivity contribution is 0.765. The van der Waals surface area contributed by atoms with Crippen molar-refractivity contribution in [3.05, 3.63) is 603 Å². The van der Waals surface area contributed by atoms with E-state index in [1.54, 1.807) is 0 Å². The van der Waals surface area contributed by atoms with E-state index in [1.165, 1.54) is 111 Å². The fourth-order valence-corrected chi connectivity index (χ4v) is 23.2. The summed E-state index contributed by atoms with van der Waals surface area (Å²) in [5, 5.41) is 0. The molecule has 0 saturated heterocycles. The summed E-state index contributed by atoms with van der Waals surface area (Å²) in [5.41, 5.74) is 52.2. The maximum Gasteiger partial charge on any atom is 0.0725 e. The van der Waals surface area contributed by atoms with Crippen LogP contribution in [-0.2, 0) is 10.8 Å². The van der Waals surface area contributed by atoms with Gasteiger partial charge >= 0.3 is 0 Å². The van der Waals surface area contributed by atoms with Crippen molar-refractivity contribution in [3.63, 3.8) is 0 Å². The number of benzene rings is 23. The minimum atomic E-state index is -1.08. The van der Waals surface area contributed by atoms with Crippen molar-refractivity contribution < 1.29 is 0 Å². The zero-order valence-corrected chi connectivity index (χ0v) is 77.1. The van der Waals surface area contributed by atoms with Gasteiger partial charge in [-0.2, -0.15) is 0 Å². The van der Waals surface area contributed by atoms with Gasteiger partial charge in [0, 0.05) is 0 Å². The number of hydrogen-bond donors (Lipinski definition) is 0. The second kappa shape index (κ2) is 34.8. The molecule has 0 N–H and O–H groups in total. The lowest BCUT2D eigenvalue weighted by atomic mass is 9.65. The SMILES string of the molecule is c1ccc(-c2cc(-c3ccccc3)cc(-c3cccc(-c4cc(-c5cccc(-c6cc(-c7ccccc7)cc(-c7ccccc7)c6)c5)cc(C5(c6cc(-c7cccc(-c8cc(-c9ccccc9)cc(-c9ccccc9)c8)c7)cc(-c7cccc(-c8cc(-c9ccccc9)cc(-c9ccccc9)c8)c7)c6)c6ccccc6-c6c5ccc5c6-c6ccccc6C56c5ccccc5-c5ccccc56)c4)c3)c2)cc1. The van der Waals surface area contributed by atoms with Crippen LogP contribution in [0.25, 0.3) is 211 Å². The molecule has 0 aromatic heterocycles. The second-order valence-corrected chi connectivity index (χ2v) is 37.6. The highest BCUT2D eigenvalue weighted by molar-refractivity contribution is 6.06. The lowest BCUT2D eigenvalue weighted by Crippen LogP contribution is -2.29. The molecule has 23 aromatic carbocycles. The Morgan fingerprint density at radius 1 is 0.0857 bits per heavy atom. The van der Waals surface area contributed by atoms with E-state index in [0.29, 0.717) is 0 Å². The highest BCUT2D eigenvalue weighted by Crippen LogP contribution is 2.68. The Morgan fingerprint density at radius 3 is 0.443 bits per heavy atom. The molecule has 0 heteroatoms. The number of rotatable bonds is 18. The van der Waals surface area contributed by atoms with E-state index in [4.69, 9.17) is 0 Å². The van der Waals surface area contributed by atoms with E-state index in [2.05, 4.69) is 558 Å². The molecule has 0 aliphatic heterocycles. The molecule has 0 unspecified atom stereocenters. The molecule has 0 radical (unpaired) electrons. The molecule has 0 bridgehead atoms. The molecule has 0 atom stereocenters. The molecule has 0 nitrogen and oxygen atoms in total. The summed E-state index contributed by atoms with van der Waals surface area (Å²) < 4.78 is 0. The first-order valence-corrected chi connectivity index (χ1v) is 48.7. The van der Waals surface area contributed by atoms with Crippen LogP contribution < -0.4 is 0 Å². The van der Waals surface area contributed by atoms with Crippen LogP contribution in [0.5, 0.6) is 0 Å². The minimum Gasteiger partial charge on any atom is -0.0622 e. The fraction of sp³-hybridized carbons (Fsp3) is 0.0143. The van der Waals surface area contributed by atoms with Crippen LogP contribution in [0.1, 0.15) is 44.5 Å². The molecule has 3 aliphatic rings. The van der Waals surface area contributed by atoms with Gasteiger partial charge in [-0.25, -0.2) is 0 Å². The summed E-state index contributed by atoms with van der Waals surface area (Å²) in [7, 11) is 0. The Morgan fingerprint density at radius 2 is 0.229 bits per heavy atom. The quantitative estimate of drug-likeness (QED) is 0.0803. The Kier molecular flexibility index (Phi) is 20.5. The third kappa shape index (κ3) is 14.5. The van der Waals surface area contributed by atoms with Gasteiger partial charge in [-0.15, -0.1) is 0 Å². The molecule has 26 rings (SSSR count). The summed E-state index contributed by atoms with van der Waals surface area (Å²) in [4.78, 5) is 0. The third-order valence-electron chi connectivity index (χ3n) is 29.6. The van der Waals surface area contributed by atoms with Gasteiger partial charge in [-0.05, 0) is 389 Å². The van der Waals surface area contributed by atoms with Crippen LogP contribution in [-0.4, -0.2) is 0 Å². The molecule has 140 heavy (non-hydrogen) atoms. The zero-order chi connectivity index (χ0) is 92.6. The van der Waals surface area contributed by atoms with Crippen molar-refractivity contribution in [3.8, 4) is 211 Å². The standard InChI is InChI=1S/C140H92/c1-9-37-93(38-10-1)109-75-110(94-39-11-2-12-40-94)80-117(79-109)101-53-33-57-105(71-101)121-87-122(106-58-34-54-102(72-106)118-81-111(95-41-13-3-14-42-95)76-112(82-118)96-43-15-4-16-44-96)90-125(89-121)139(133-67-31-27-63-129(133)137-135(139)69-70-136-138(137)130-64-28-32-68-134(130)140(136)131-65-29-25-61-127(131)128-62-26-30-66-132(128)140)126-91-123(107-59-35-55-103(73-107)119-83-113(97-45-17-5-18-46-97)77-114(84-119)98-47-19-6-20-48-98)88-124(92-126)108-60-36-56-104(74-108)120-85-115(99-49-21-7-22-50-99)78-116(86-120)100-51-23-8-24-52-100/h1-92H. The first-order chi connectivity index (χ1) is 69.3. The first-order valence-electron chi connectivity index (χ1n) is 48.7. The molecule has 0 heterocycles. The summed E-state index contributed by atoms with van der Waals surface area (Å²) >= 11 is 0. The predicted octanol–water partition coefficient (Wildman–Crippen LogP) is 37.1. The van der Waals surface area contributed by atoms with Gasteiger partial charge in [0.05, 0.1) is 10.8 Å². The summed E-state index contributed by atoms with van der Waals surface area (Å²) in [6, 6.07) is 211. The molecular weight excluding hydrogens is 1680 g/mol. The maximum atomic E-state index is 2.59. The van der Waals surface area contributed by atoms with Crippen LogP contribution in [0.3, 0.4) is 0 Å². The molecule has 23 aromatic rings. The predicted molar refractivity (Wildman–Crippen MR) is 587 cm³/mol. The van der Waals surface area contributed by atoms with E-state index in [-0.39, 0.29) is 0 Å². The molecule has 0 saturated carbocycles. The Balaban J connectivity index is 0.769. The fourth-order valence-electron chi connectivity index (χ4n) is 23.2. The Labute approximate surface area is 818 Å². The second-order valence-electron chi connectivity index (χ2n) is 37.6. The van der Waals surface area contributed by atoms with E-state index < -0.39 is 10.8 Å². The number of hydrogen-bond acceptors (Lipinski definition) is 0. The van der Waals surface area contributed by atoms with Crippen LogP contribution in [0.15, 0.2) is 558 Å². The molecule has 652 valence electrons. The van der Waals surface area contributed by atoms with Gasteiger partial charge in [-0.1, -0.05) is 425 Å². The normalized spacial score (nSPS) is 12.5. The smallest absolute Gasteiger partial charge is 0.0622 e. The number of fused-ring (bicyclic) bond motifs is 14. The van der Waals surface area contributed by atoms with E-state index in [1.807, 2.05) is 0 Å². The Hall–Kier alpha value is -17.9. The monoisotopic (exact) mass is 1770 g/mol. The molecule has 3 aliphatic carbocycles. The Bertz CT molecular complexity index is 7690. The van der Waals surface area contributed by atoms with E-state index >= 15 is 0 Å². The summed E-state index contributed by atoms with van der Waals surface area (Å²) in [5.74, 6) is 0. The highest BCUT2D eigenvalue weighted by Gasteiger charge is 2.56. The third-order valence-corrected chi connectivity index (χ3v) is 29.6. The van der Waals surface area contributed by atoms with Crippen LogP contribution in [0, 0.1) is 0 Å². The minimum absolute atomic E-state index is 0.629. The summed E-state index contributed by atoms with van der Waals surface area (Å²) in [6.07, 6.45) is 0. The summed E-state index contributed by atoms with van der Waals surface area (Å²) in [6.45, 7) is 0. The zero-order valence-electron chi connectivity index (χ0n) is 77.1. The van der Waals surface area contributed by atoms with Crippen molar-refractivity contribution in [2.45, 2.75) is 10.8 Å². The van der Waals surface area contributed by atoms with Crippen LogP contribution >= 0.6 is 0 Å². The average molecular weight is 1770 g/mol. The van der Waals surface area contributed by atoms with Gasteiger partial charge < -0.3 is 0 Å². The maximum absolute atomic E-state index is 2.59. The lowest BCUT2D eigenvalue weighted by Gasteiger charge is -2.36. The van der Waals surface area contributed by atoms with E-state index in [9.17, 15) is 0 Å². The van der Waals surface area contributed by atoms with Gasteiger partial charge in [0.25, 0.3) is 0 Å². The molecule has 0 fully saturated rings. The van der Waals surface area contributed by atoms with Crippen molar-refractivity contribution in [1.82, 2.24) is 0 Å².